The van der Waals surface area contributed by atoms with Crippen LogP contribution in [0.15, 0.2) is 71.9 Å². The molecular weight excluding hydrogens is 334 g/mol. The van der Waals surface area contributed by atoms with Crippen LogP contribution in [-0.4, -0.2) is 14.1 Å². The van der Waals surface area contributed by atoms with Gasteiger partial charge in [0.15, 0.2) is 0 Å². The van der Waals surface area contributed by atoms with Crippen molar-refractivity contribution < 1.29 is 0 Å². The van der Waals surface area contributed by atoms with E-state index in [1.165, 1.54) is 0 Å². The lowest BCUT2D eigenvalue weighted by Gasteiger charge is -2.14. The van der Waals surface area contributed by atoms with E-state index in [4.69, 9.17) is 0 Å². The molecule has 2 heterocycles. The molecule has 0 saturated heterocycles. The molecule has 4 heteroatoms. The number of fused-ring (bicyclic) bond motifs is 1. The van der Waals surface area contributed by atoms with E-state index in [9.17, 15) is 4.79 Å². The lowest BCUT2D eigenvalue weighted by atomic mass is 10.0. The van der Waals surface area contributed by atoms with E-state index in [0.717, 1.165) is 28.8 Å². The van der Waals surface area contributed by atoms with Crippen molar-refractivity contribution in [3.8, 4) is 17.5 Å². The maximum absolute atomic E-state index is 13.4. The van der Waals surface area contributed by atoms with E-state index in [1.807, 2.05) is 66.3 Å². The van der Waals surface area contributed by atoms with Gasteiger partial charge in [-0.25, -0.2) is 4.98 Å². The van der Waals surface area contributed by atoms with Crippen LogP contribution in [0.4, 0.5) is 0 Å². The second kappa shape index (κ2) is 6.97. The summed E-state index contributed by atoms with van der Waals surface area (Å²) in [6, 6.07) is 17.6. The van der Waals surface area contributed by atoms with Gasteiger partial charge < -0.3 is 4.57 Å². The molecule has 0 unspecified atom stereocenters. The van der Waals surface area contributed by atoms with Crippen molar-refractivity contribution in [3.63, 3.8) is 0 Å². The standard InChI is InChI=1S/C23H19N3O/c1-3-20-14-18-9-7-8-17(12-13-19-15-25(2)16-24-19)22(18)23(27)26(20)21-10-5-4-6-11-21/h4-11,14-16H,3H2,1-2H3. The van der Waals surface area contributed by atoms with Crippen molar-refractivity contribution in [2.75, 3.05) is 0 Å². The van der Waals surface area contributed by atoms with Crippen molar-refractivity contribution in [1.82, 2.24) is 14.1 Å². The zero-order valence-corrected chi connectivity index (χ0v) is 15.3. The number of para-hydroxylation sites is 1. The van der Waals surface area contributed by atoms with E-state index in [-0.39, 0.29) is 5.56 Å². The summed E-state index contributed by atoms with van der Waals surface area (Å²) in [5.74, 6) is 6.19. The monoisotopic (exact) mass is 353 g/mol. The number of nitrogens with zero attached hydrogens (tertiary/aromatic N) is 3. The second-order valence-electron chi connectivity index (χ2n) is 6.41. The molecule has 0 bridgehead atoms. The Morgan fingerprint density at radius 1 is 1.04 bits per heavy atom. The van der Waals surface area contributed by atoms with Gasteiger partial charge in [0.2, 0.25) is 0 Å². The number of imidazole rings is 1. The highest BCUT2D eigenvalue weighted by Gasteiger charge is 2.12. The number of rotatable bonds is 2. The number of aromatic nitrogens is 3. The summed E-state index contributed by atoms with van der Waals surface area (Å²) in [6.07, 6.45) is 4.34. The Bertz CT molecular complexity index is 1240. The molecule has 0 spiro atoms. The maximum atomic E-state index is 13.4. The average Bonchev–Trinajstić information content (AvgIpc) is 3.11. The van der Waals surface area contributed by atoms with Crippen LogP contribution >= 0.6 is 0 Å². The predicted molar refractivity (Wildman–Crippen MR) is 108 cm³/mol. The number of hydrogen-bond donors (Lipinski definition) is 0. The van der Waals surface area contributed by atoms with Crippen LogP contribution in [-0.2, 0) is 13.5 Å². The number of pyridine rings is 1. The third kappa shape index (κ3) is 3.16. The molecule has 0 radical (unpaired) electrons. The van der Waals surface area contributed by atoms with Gasteiger partial charge in [-0.3, -0.25) is 9.36 Å². The first-order valence-corrected chi connectivity index (χ1v) is 8.90. The zero-order chi connectivity index (χ0) is 18.8. The van der Waals surface area contributed by atoms with Gasteiger partial charge in [0.25, 0.3) is 5.56 Å². The van der Waals surface area contributed by atoms with Crippen molar-refractivity contribution in [1.29, 1.82) is 0 Å². The molecular formula is C23H19N3O. The minimum atomic E-state index is -0.0403. The van der Waals surface area contributed by atoms with Crippen molar-refractivity contribution in [2.45, 2.75) is 13.3 Å². The minimum absolute atomic E-state index is 0.0403. The fraction of sp³-hybridized carbons (Fsp3) is 0.130. The molecule has 2 aromatic heterocycles. The number of benzene rings is 2. The Labute approximate surface area is 157 Å². The summed E-state index contributed by atoms with van der Waals surface area (Å²) in [5, 5.41) is 1.55. The first-order valence-electron chi connectivity index (χ1n) is 8.90. The van der Waals surface area contributed by atoms with Gasteiger partial charge in [-0.05, 0) is 42.0 Å². The molecule has 0 saturated carbocycles. The topological polar surface area (TPSA) is 39.8 Å². The van der Waals surface area contributed by atoms with Crippen LogP contribution in [0.5, 0.6) is 0 Å². The first-order chi connectivity index (χ1) is 13.2. The molecule has 2 aromatic carbocycles. The summed E-state index contributed by atoms with van der Waals surface area (Å²) in [5.41, 5.74) is 3.21. The lowest BCUT2D eigenvalue weighted by molar-refractivity contribution is 0.889. The first kappa shape index (κ1) is 16.9. The lowest BCUT2D eigenvalue weighted by Crippen LogP contribution is -2.22. The molecule has 132 valence electrons. The highest BCUT2D eigenvalue weighted by molar-refractivity contribution is 5.88. The third-order valence-corrected chi connectivity index (χ3v) is 4.53. The second-order valence-corrected chi connectivity index (χ2v) is 6.41. The van der Waals surface area contributed by atoms with Gasteiger partial charge in [0.1, 0.15) is 5.69 Å². The van der Waals surface area contributed by atoms with Crippen LogP contribution in [0.2, 0.25) is 0 Å². The Hall–Kier alpha value is -3.58. The van der Waals surface area contributed by atoms with E-state index < -0.39 is 0 Å². The average molecular weight is 353 g/mol. The third-order valence-electron chi connectivity index (χ3n) is 4.53. The fourth-order valence-corrected chi connectivity index (χ4v) is 3.25. The van der Waals surface area contributed by atoms with Crippen LogP contribution in [0.3, 0.4) is 0 Å². The van der Waals surface area contributed by atoms with Crippen LogP contribution in [0.1, 0.15) is 23.9 Å². The molecule has 0 aliphatic carbocycles. The van der Waals surface area contributed by atoms with Crippen LogP contribution in [0.25, 0.3) is 16.5 Å². The van der Waals surface area contributed by atoms with E-state index >= 15 is 0 Å². The van der Waals surface area contributed by atoms with Gasteiger partial charge in [0.05, 0.1) is 11.7 Å². The van der Waals surface area contributed by atoms with E-state index in [1.54, 1.807) is 10.9 Å². The molecule has 0 atom stereocenters. The predicted octanol–water partition coefficient (Wildman–Crippen LogP) is 3.69. The highest BCUT2D eigenvalue weighted by Crippen LogP contribution is 2.19. The Morgan fingerprint density at radius 2 is 1.85 bits per heavy atom. The van der Waals surface area contributed by atoms with Crippen molar-refractivity contribution >= 4 is 10.8 Å². The van der Waals surface area contributed by atoms with Crippen LogP contribution in [0, 0.1) is 11.8 Å². The molecule has 4 rings (SSSR count). The SMILES string of the molecule is CCc1cc2cccc(C#Cc3cn(C)cn3)c2c(=O)n1-c1ccccc1. The number of aryl methyl sites for hydroxylation is 2. The summed E-state index contributed by atoms with van der Waals surface area (Å²) in [4.78, 5) is 17.7. The van der Waals surface area contributed by atoms with Gasteiger partial charge in [-0.1, -0.05) is 43.2 Å². The molecule has 27 heavy (non-hydrogen) atoms. The molecule has 4 aromatic rings. The molecule has 4 nitrogen and oxygen atoms in total. The van der Waals surface area contributed by atoms with Gasteiger partial charge in [-0.15, -0.1) is 0 Å². The highest BCUT2D eigenvalue weighted by atomic mass is 16.1. The Balaban J connectivity index is 1.98. The quantitative estimate of drug-likeness (QED) is 0.516. The summed E-state index contributed by atoms with van der Waals surface area (Å²) >= 11 is 0. The Kier molecular flexibility index (Phi) is 4.35. The largest absolute Gasteiger partial charge is 0.339 e. The molecule has 0 N–H and O–H groups in total. The van der Waals surface area contributed by atoms with E-state index in [2.05, 4.69) is 29.8 Å². The molecule has 0 fully saturated rings. The van der Waals surface area contributed by atoms with Gasteiger partial charge in [-0.2, -0.15) is 0 Å². The normalized spacial score (nSPS) is 10.6. The summed E-state index contributed by atoms with van der Waals surface area (Å²) in [7, 11) is 1.90. The zero-order valence-electron chi connectivity index (χ0n) is 15.3. The number of hydrogen-bond acceptors (Lipinski definition) is 2. The Morgan fingerprint density at radius 3 is 2.56 bits per heavy atom. The smallest absolute Gasteiger partial charge is 0.264 e. The van der Waals surface area contributed by atoms with Crippen molar-refractivity contribution in [2.24, 2.45) is 7.05 Å². The minimum Gasteiger partial charge on any atom is -0.339 e. The fourth-order valence-electron chi connectivity index (χ4n) is 3.25. The van der Waals surface area contributed by atoms with Crippen molar-refractivity contribution in [3.05, 3.63) is 94.4 Å². The summed E-state index contributed by atoms with van der Waals surface area (Å²) in [6.45, 7) is 2.06. The molecule has 0 amide bonds. The van der Waals surface area contributed by atoms with E-state index in [0.29, 0.717) is 11.1 Å². The van der Waals surface area contributed by atoms with Gasteiger partial charge >= 0.3 is 0 Å². The molecule has 0 aliphatic rings. The maximum Gasteiger partial charge on any atom is 0.264 e. The van der Waals surface area contributed by atoms with Crippen LogP contribution < -0.4 is 5.56 Å². The molecule has 0 aliphatic heterocycles. The van der Waals surface area contributed by atoms with Gasteiger partial charge in [0, 0.05) is 30.2 Å². The summed E-state index contributed by atoms with van der Waals surface area (Å²) < 4.78 is 3.64.